The average molecular weight is 308 g/mol. The van der Waals surface area contributed by atoms with E-state index in [1.54, 1.807) is 17.0 Å². The molecule has 1 atom stereocenters. The van der Waals surface area contributed by atoms with Crippen LogP contribution in [0.25, 0.3) is 0 Å². The Morgan fingerprint density at radius 3 is 2.95 bits per heavy atom. The molecule has 0 radical (unpaired) electrons. The van der Waals surface area contributed by atoms with Gasteiger partial charge in [-0.2, -0.15) is 0 Å². The molecule has 0 saturated heterocycles. The maximum absolute atomic E-state index is 11.6. The molecule has 1 aromatic rings. The standard InChI is InChI=1S/C16H24N2O4/c1-11(2)17-9-13(20)10-22-14-4-5-15-16(8-14)21-7-6-18(15)12(3)19/h4-5,8,11,13,17,20H,6-7,9-10H2,1-3H3. The first kappa shape index (κ1) is 16.6. The summed E-state index contributed by atoms with van der Waals surface area (Å²) in [6.07, 6.45) is -0.576. The smallest absolute Gasteiger partial charge is 0.224 e. The van der Waals surface area contributed by atoms with E-state index in [1.807, 2.05) is 19.9 Å². The van der Waals surface area contributed by atoms with Gasteiger partial charge in [0.2, 0.25) is 5.91 Å². The largest absolute Gasteiger partial charge is 0.491 e. The molecule has 2 N–H and O–H groups in total. The van der Waals surface area contributed by atoms with Crippen molar-refractivity contribution in [3.63, 3.8) is 0 Å². The molecule has 22 heavy (non-hydrogen) atoms. The van der Waals surface area contributed by atoms with E-state index in [1.165, 1.54) is 6.92 Å². The predicted octanol–water partition coefficient (Wildman–Crippen LogP) is 1.17. The number of rotatable bonds is 6. The zero-order chi connectivity index (χ0) is 16.1. The van der Waals surface area contributed by atoms with Crippen LogP contribution in [0.3, 0.4) is 0 Å². The van der Waals surface area contributed by atoms with E-state index in [2.05, 4.69) is 5.32 Å². The predicted molar refractivity (Wildman–Crippen MR) is 84.6 cm³/mol. The number of hydrogen-bond acceptors (Lipinski definition) is 5. The molecule has 1 aliphatic heterocycles. The summed E-state index contributed by atoms with van der Waals surface area (Å²) in [4.78, 5) is 13.3. The first-order valence-corrected chi connectivity index (χ1v) is 7.56. The molecule has 1 aromatic carbocycles. The second-order valence-corrected chi connectivity index (χ2v) is 5.68. The number of carbonyl (C=O) groups excluding carboxylic acids is 1. The normalized spacial score (nSPS) is 15.2. The molecule has 1 heterocycles. The summed E-state index contributed by atoms with van der Waals surface area (Å²) in [5, 5.41) is 13.0. The summed E-state index contributed by atoms with van der Waals surface area (Å²) in [6, 6.07) is 5.67. The number of benzene rings is 1. The SMILES string of the molecule is CC(=O)N1CCOc2cc(OCC(O)CNC(C)C)ccc21. The van der Waals surface area contributed by atoms with Gasteiger partial charge in [-0.1, -0.05) is 13.8 Å². The molecular weight excluding hydrogens is 284 g/mol. The van der Waals surface area contributed by atoms with Crippen molar-refractivity contribution in [1.29, 1.82) is 0 Å². The average Bonchev–Trinajstić information content (AvgIpc) is 2.49. The summed E-state index contributed by atoms with van der Waals surface area (Å²) in [6.45, 7) is 7.30. The molecule has 6 heteroatoms. The minimum atomic E-state index is -0.576. The molecule has 0 fully saturated rings. The Morgan fingerprint density at radius 1 is 1.50 bits per heavy atom. The lowest BCUT2D eigenvalue weighted by atomic mass is 10.2. The summed E-state index contributed by atoms with van der Waals surface area (Å²) < 4.78 is 11.2. The lowest BCUT2D eigenvalue weighted by Gasteiger charge is -2.29. The number of anilines is 1. The molecule has 122 valence electrons. The van der Waals surface area contributed by atoms with Gasteiger partial charge in [-0.05, 0) is 12.1 Å². The number of hydrogen-bond donors (Lipinski definition) is 2. The number of aliphatic hydroxyl groups is 1. The van der Waals surface area contributed by atoms with Gasteiger partial charge >= 0.3 is 0 Å². The third-order valence-electron chi connectivity index (χ3n) is 3.38. The van der Waals surface area contributed by atoms with Gasteiger partial charge in [0.05, 0.1) is 12.2 Å². The van der Waals surface area contributed by atoms with Gasteiger partial charge in [0.15, 0.2) is 0 Å². The van der Waals surface area contributed by atoms with Gasteiger partial charge in [0, 0.05) is 25.6 Å². The summed E-state index contributed by atoms with van der Waals surface area (Å²) >= 11 is 0. The van der Waals surface area contributed by atoms with Crippen LogP contribution < -0.4 is 19.7 Å². The lowest BCUT2D eigenvalue weighted by Crippen LogP contribution is -2.36. The Balaban J connectivity index is 1.95. The van der Waals surface area contributed by atoms with Gasteiger partial charge in [-0.25, -0.2) is 0 Å². The van der Waals surface area contributed by atoms with E-state index in [9.17, 15) is 9.90 Å². The van der Waals surface area contributed by atoms with Crippen LogP contribution >= 0.6 is 0 Å². The highest BCUT2D eigenvalue weighted by atomic mass is 16.5. The highest BCUT2D eigenvalue weighted by Gasteiger charge is 2.21. The Hall–Kier alpha value is -1.79. The number of amides is 1. The Bertz CT molecular complexity index is 519. The minimum absolute atomic E-state index is 0.00611. The number of aliphatic hydroxyl groups excluding tert-OH is 1. The summed E-state index contributed by atoms with van der Waals surface area (Å²) in [5.41, 5.74) is 0.758. The molecule has 2 rings (SSSR count). The second-order valence-electron chi connectivity index (χ2n) is 5.68. The monoisotopic (exact) mass is 308 g/mol. The molecule has 1 aliphatic rings. The Morgan fingerprint density at radius 2 is 2.27 bits per heavy atom. The van der Waals surface area contributed by atoms with Gasteiger partial charge in [-0.3, -0.25) is 4.79 Å². The van der Waals surface area contributed by atoms with Gasteiger partial charge < -0.3 is 24.8 Å². The van der Waals surface area contributed by atoms with E-state index in [0.29, 0.717) is 37.2 Å². The Kier molecular flexibility index (Phi) is 5.63. The topological polar surface area (TPSA) is 71.0 Å². The molecule has 0 bridgehead atoms. The van der Waals surface area contributed by atoms with Crippen LogP contribution in [-0.4, -0.2) is 49.5 Å². The Labute approximate surface area is 131 Å². The zero-order valence-electron chi connectivity index (χ0n) is 13.3. The van der Waals surface area contributed by atoms with Crippen LogP contribution in [0.4, 0.5) is 5.69 Å². The van der Waals surface area contributed by atoms with Crippen LogP contribution in [0.15, 0.2) is 18.2 Å². The highest BCUT2D eigenvalue weighted by Crippen LogP contribution is 2.34. The van der Waals surface area contributed by atoms with Gasteiger partial charge in [0.25, 0.3) is 0 Å². The molecular formula is C16H24N2O4. The fourth-order valence-electron chi connectivity index (χ4n) is 2.24. The van der Waals surface area contributed by atoms with Crippen LogP contribution in [0.1, 0.15) is 20.8 Å². The van der Waals surface area contributed by atoms with Gasteiger partial charge in [-0.15, -0.1) is 0 Å². The van der Waals surface area contributed by atoms with Crippen molar-refractivity contribution in [1.82, 2.24) is 5.32 Å². The van der Waals surface area contributed by atoms with Gasteiger partial charge in [0.1, 0.15) is 30.8 Å². The van der Waals surface area contributed by atoms with Crippen molar-refractivity contribution < 1.29 is 19.4 Å². The molecule has 6 nitrogen and oxygen atoms in total. The number of ether oxygens (including phenoxy) is 2. The van der Waals surface area contributed by atoms with E-state index < -0.39 is 6.10 Å². The van der Waals surface area contributed by atoms with Crippen molar-refractivity contribution in [2.24, 2.45) is 0 Å². The van der Waals surface area contributed by atoms with Crippen LogP contribution in [0, 0.1) is 0 Å². The fraction of sp³-hybridized carbons (Fsp3) is 0.562. The van der Waals surface area contributed by atoms with Crippen molar-refractivity contribution in [3.8, 4) is 11.5 Å². The number of nitrogens with one attached hydrogen (secondary N) is 1. The molecule has 1 unspecified atom stereocenters. The third kappa shape index (κ3) is 4.35. The van der Waals surface area contributed by atoms with Crippen LogP contribution in [0.5, 0.6) is 11.5 Å². The molecule has 0 saturated carbocycles. The van der Waals surface area contributed by atoms with E-state index in [-0.39, 0.29) is 12.5 Å². The quantitative estimate of drug-likeness (QED) is 0.825. The lowest BCUT2D eigenvalue weighted by molar-refractivity contribution is -0.116. The maximum atomic E-state index is 11.6. The van der Waals surface area contributed by atoms with Crippen molar-refractivity contribution >= 4 is 11.6 Å². The first-order valence-electron chi connectivity index (χ1n) is 7.56. The highest BCUT2D eigenvalue weighted by molar-refractivity contribution is 5.93. The molecule has 0 aromatic heterocycles. The second kappa shape index (κ2) is 7.47. The molecule has 0 aliphatic carbocycles. The van der Waals surface area contributed by atoms with Crippen molar-refractivity contribution in [2.45, 2.75) is 32.9 Å². The van der Waals surface area contributed by atoms with E-state index in [4.69, 9.17) is 9.47 Å². The van der Waals surface area contributed by atoms with E-state index in [0.717, 1.165) is 5.69 Å². The van der Waals surface area contributed by atoms with Crippen LogP contribution in [0.2, 0.25) is 0 Å². The number of fused-ring (bicyclic) bond motifs is 1. The zero-order valence-corrected chi connectivity index (χ0v) is 13.3. The van der Waals surface area contributed by atoms with Crippen LogP contribution in [-0.2, 0) is 4.79 Å². The number of nitrogens with zero attached hydrogens (tertiary/aromatic N) is 1. The molecule has 0 spiro atoms. The van der Waals surface area contributed by atoms with E-state index >= 15 is 0 Å². The summed E-state index contributed by atoms with van der Waals surface area (Å²) in [5.74, 6) is 1.25. The van der Waals surface area contributed by atoms with Crippen molar-refractivity contribution in [2.75, 3.05) is 31.2 Å². The minimum Gasteiger partial charge on any atom is -0.491 e. The molecule has 1 amide bonds. The fourth-order valence-corrected chi connectivity index (χ4v) is 2.24. The summed E-state index contributed by atoms with van der Waals surface area (Å²) in [7, 11) is 0. The number of carbonyl (C=O) groups is 1. The third-order valence-corrected chi connectivity index (χ3v) is 3.38. The maximum Gasteiger partial charge on any atom is 0.224 e. The first-order chi connectivity index (χ1) is 10.5. The van der Waals surface area contributed by atoms with Crippen molar-refractivity contribution in [3.05, 3.63) is 18.2 Å².